The molecule has 0 aromatic heterocycles. The summed E-state index contributed by atoms with van der Waals surface area (Å²) in [4.78, 5) is 7.30. The van der Waals surface area contributed by atoms with Crippen molar-refractivity contribution in [3.8, 4) is 33.4 Å². The first-order valence-electron chi connectivity index (χ1n) is 27.0. The van der Waals surface area contributed by atoms with Gasteiger partial charge in [0.05, 0.1) is 0 Å². The van der Waals surface area contributed by atoms with Crippen LogP contribution in [0.5, 0.6) is 0 Å². The number of rotatable bonds is 18. The van der Waals surface area contributed by atoms with Gasteiger partial charge in [-0.15, -0.1) is 0 Å². The molecule has 0 unspecified atom stereocenters. The third-order valence-corrected chi connectivity index (χ3v) is 14.8. The highest BCUT2D eigenvalue weighted by molar-refractivity contribution is 5.87. The second-order valence-electron chi connectivity index (χ2n) is 20.1. The summed E-state index contributed by atoms with van der Waals surface area (Å²) in [5.74, 6) is 0. The van der Waals surface area contributed by atoms with Gasteiger partial charge in [0.2, 0.25) is 0 Å². The van der Waals surface area contributed by atoms with Gasteiger partial charge in [-0.05, 0) is 211 Å². The molecule has 0 aliphatic heterocycles. The summed E-state index contributed by atoms with van der Waals surface area (Å²) in [6, 6.07) is 87.4. The Kier molecular flexibility index (Phi) is 15.5. The van der Waals surface area contributed by atoms with Crippen LogP contribution in [0.1, 0.15) is 72.9 Å². The topological polar surface area (TPSA) is 9.72 Å². The fourth-order valence-electron chi connectivity index (χ4n) is 10.6. The molecule has 0 radical (unpaired) electrons. The van der Waals surface area contributed by atoms with Crippen LogP contribution >= 0.6 is 0 Å². The Labute approximate surface area is 447 Å². The van der Waals surface area contributed by atoms with E-state index in [1.54, 1.807) is 0 Å². The molecule has 372 valence electrons. The third kappa shape index (κ3) is 11.0. The van der Waals surface area contributed by atoms with Crippen molar-refractivity contribution in [2.75, 3.05) is 14.7 Å². The van der Waals surface area contributed by atoms with Gasteiger partial charge in [0, 0.05) is 51.2 Å². The second kappa shape index (κ2) is 23.2. The predicted molar refractivity (Wildman–Crippen MR) is 323 cm³/mol. The van der Waals surface area contributed by atoms with Crippen molar-refractivity contribution in [3.63, 3.8) is 0 Å². The number of nitrogens with zero attached hydrogens (tertiary/aromatic N) is 3. The van der Waals surface area contributed by atoms with Crippen LogP contribution in [0.3, 0.4) is 0 Å². The Hall–Kier alpha value is -8.40. The fraction of sp³-hybridized carbons (Fsp3) is 0.167. The SMILES string of the molecule is CCCCc1ccccc1N(c1ccc(-c2cc(-c3ccc(N(c4ccccc4C)c4ccccc4C)cc3)cc(-c3ccc(N(c4ccccc4C)c4ccccc4CCCC)cc3)c2)cc1)c1ccccc1C. The zero-order valence-corrected chi connectivity index (χ0v) is 44.6. The minimum atomic E-state index is 1.04. The molecular weight excluding hydrogens is 907 g/mol. The highest BCUT2D eigenvalue weighted by Gasteiger charge is 2.21. The number of anilines is 9. The maximum Gasteiger partial charge on any atom is 0.0493 e. The molecule has 10 aromatic rings. The van der Waals surface area contributed by atoms with E-state index in [2.05, 4.69) is 293 Å². The molecule has 0 aliphatic rings. The van der Waals surface area contributed by atoms with Gasteiger partial charge in [0.25, 0.3) is 0 Å². The van der Waals surface area contributed by atoms with Crippen LogP contribution in [0.25, 0.3) is 33.4 Å². The van der Waals surface area contributed by atoms with E-state index in [4.69, 9.17) is 0 Å². The molecule has 3 heteroatoms. The Bertz CT molecular complexity index is 3310. The summed E-state index contributed by atoms with van der Waals surface area (Å²) in [5, 5.41) is 0. The number of aryl methyl sites for hydroxylation is 6. The van der Waals surface area contributed by atoms with E-state index in [0.29, 0.717) is 0 Å². The summed E-state index contributed by atoms with van der Waals surface area (Å²) in [6.45, 7) is 13.4. The van der Waals surface area contributed by atoms with Crippen LogP contribution in [0, 0.1) is 27.7 Å². The molecular formula is C72H69N3. The molecule has 0 aliphatic carbocycles. The van der Waals surface area contributed by atoms with Crippen LogP contribution < -0.4 is 14.7 Å². The largest absolute Gasteiger partial charge is 0.310 e. The van der Waals surface area contributed by atoms with E-state index in [9.17, 15) is 0 Å². The standard InChI is InChI=1S/C72H69N3/c1-7-9-27-59-29-15-21-35-71(59)74(69-33-19-13-25-54(69)5)65-45-39-57(40-46-65)62-49-61(56-37-43-64(44-38-56)73(67-31-17-11-23-52(67)3)68-32-18-12-24-53(68)4)50-63(51-62)58-41-47-66(48-42-58)75(70-34-20-14-26-55(70)6)72-36-22-16-30-60(72)28-10-8-2/h11-26,29-51H,7-10,27-28H2,1-6H3. The van der Waals surface area contributed by atoms with Crippen molar-refractivity contribution in [1.82, 2.24) is 0 Å². The molecule has 10 rings (SSSR count). The van der Waals surface area contributed by atoms with Gasteiger partial charge in [-0.3, -0.25) is 0 Å². The van der Waals surface area contributed by atoms with E-state index in [1.807, 2.05) is 0 Å². The minimum absolute atomic E-state index is 1.04. The van der Waals surface area contributed by atoms with Crippen LogP contribution in [0.15, 0.2) is 237 Å². The summed E-state index contributed by atoms with van der Waals surface area (Å²) < 4.78 is 0. The highest BCUT2D eigenvalue weighted by Crippen LogP contribution is 2.44. The van der Waals surface area contributed by atoms with Gasteiger partial charge in [0.1, 0.15) is 0 Å². The van der Waals surface area contributed by atoms with Gasteiger partial charge in [0.15, 0.2) is 0 Å². The summed E-state index contributed by atoms with van der Waals surface area (Å²) in [6.07, 6.45) is 6.69. The van der Waals surface area contributed by atoms with Crippen molar-refractivity contribution in [2.24, 2.45) is 0 Å². The molecule has 3 nitrogen and oxygen atoms in total. The maximum absolute atomic E-state index is 2.45. The molecule has 0 saturated carbocycles. The average molecular weight is 976 g/mol. The Morgan fingerprint density at radius 3 is 0.760 bits per heavy atom. The molecule has 75 heavy (non-hydrogen) atoms. The molecule has 0 saturated heterocycles. The average Bonchev–Trinajstić information content (AvgIpc) is 3.45. The fourth-order valence-corrected chi connectivity index (χ4v) is 10.6. The lowest BCUT2D eigenvalue weighted by molar-refractivity contribution is 0.794. The number of hydrogen-bond donors (Lipinski definition) is 0. The zero-order chi connectivity index (χ0) is 51.7. The number of hydrogen-bond acceptors (Lipinski definition) is 3. The van der Waals surface area contributed by atoms with Gasteiger partial charge < -0.3 is 14.7 Å². The van der Waals surface area contributed by atoms with Gasteiger partial charge in [-0.1, -0.05) is 172 Å². The van der Waals surface area contributed by atoms with Crippen molar-refractivity contribution in [1.29, 1.82) is 0 Å². The van der Waals surface area contributed by atoms with Crippen LogP contribution in [0.2, 0.25) is 0 Å². The summed E-state index contributed by atoms with van der Waals surface area (Å²) in [5.41, 5.74) is 25.3. The van der Waals surface area contributed by atoms with E-state index < -0.39 is 0 Å². The Balaban J connectivity index is 1.08. The smallest absolute Gasteiger partial charge is 0.0493 e. The number of para-hydroxylation sites is 6. The van der Waals surface area contributed by atoms with Crippen molar-refractivity contribution >= 4 is 51.2 Å². The number of benzene rings is 10. The van der Waals surface area contributed by atoms with Gasteiger partial charge in [-0.25, -0.2) is 0 Å². The molecule has 0 amide bonds. The molecule has 10 aromatic carbocycles. The number of unbranched alkanes of at least 4 members (excludes halogenated alkanes) is 2. The van der Waals surface area contributed by atoms with E-state index in [0.717, 1.165) is 61.2 Å². The second-order valence-corrected chi connectivity index (χ2v) is 20.1. The van der Waals surface area contributed by atoms with Crippen LogP contribution in [0.4, 0.5) is 51.2 Å². The molecule has 0 N–H and O–H groups in total. The Morgan fingerprint density at radius 1 is 0.253 bits per heavy atom. The third-order valence-electron chi connectivity index (χ3n) is 14.8. The van der Waals surface area contributed by atoms with E-state index in [1.165, 1.54) is 95.3 Å². The van der Waals surface area contributed by atoms with E-state index in [-0.39, 0.29) is 0 Å². The molecule has 0 bridgehead atoms. The quantitative estimate of drug-likeness (QED) is 0.0848. The van der Waals surface area contributed by atoms with Gasteiger partial charge >= 0.3 is 0 Å². The lowest BCUT2D eigenvalue weighted by Gasteiger charge is -2.29. The lowest BCUT2D eigenvalue weighted by Crippen LogP contribution is -2.13. The zero-order valence-electron chi connectivity index (χ0n) is 44.6. The minimum Gasteiger partial charge on any atom is -0.310 e. The van der Waals surface area contributed by atoms with E-state index >= 15 is 0 Å². The molecule has 0 spiro atoms. The predicted octanol–water partition coefficient (Wildman–Crippen LogP) is 21.0. The highest BCUT2D eigenvalue weighted by atomic mass is 15.2. The first kappa shape index (κ1) is 50.1. The summed E-state index contributed by atoms with van der Waals surface area (Å²) >= 11 is 0. The van der Waals surface area contributed by atoms with Crippen molar-refractivity contribution < 1.29 is 0 Å². The normalized spacial score (nSPS) is 11.1. The lowest BCUT2D eigenvalue weighted by atomic mass is 9.92. The van der Waals surface area contributed by atoms with Crippen LogP contribution in [-0.4, -0.2) is 0 Å². The molecule has 0 fully saturated rings. The van der Waals surface area contributed by atoms with Crippen molar-refractivity contribution in [2.45, 2.75) is 80.1 Å². The Morgan fingerprint density at radius 2 is 0.493 bits per heavy atom. The molecule has 0 heterocycles. The van der Waals surface area contributed by atoms with Gasteiger partial charge in [-0.2, -0.15) is 0 Å². The van der Waals surface area contributed by atoms with Crippen LogP contribution in [-0.2, 0) is 12.8 Å². The monoisotopic (exact) mass is 976 g/mol. The first-order chi connectivity index (χ1) is 36.8. The summed E-state index contributed by atoms with van der Waals surface area (Å²) in [7, 11) is 0. The maximum atomic E-state index is 2.45. The first-order valence-corrected chi connectivity index (χ1v) is 27.0. The molecule has 0 atom stereocenters. The van der Waals surface area contributed by atoms with Crippen molar-refractivity contribution in [3.05, 3.63) is 270 Å².